The van der Waals surface area contributed by atoms with Crippen molar-refractivity contribution in [3.63, 3.8) is 0 Å². The molecule has 4 nitrogen and oxygen atoms in total. The Bertz CT molecular complexity index is 633. The number of aliphatic hydroxyl groups is 1. The third-order valence-corrected chi connectivity index (χ3v) is 4.47. The van der Waals surface area contributed by atoms with Gasteiger partial charge in [-0.1, -0.05) is 19.9 Å². The van der Waals surface area contributed by atoms with Gasteiger partial charge in [-0.25, -0.2) is 4.98 Å². The minimum absolute atomic E-state index is 0.200. The number of fused-ring (bicyclic) bond motifs is 1. The third-order valence-electron chi connectivity index (χ3n) is 4.47. The molecular formula is C17H24N2O2. The smallest absolute Gasteiger partial charge is 0.198 e. The maximum absolute atomic E-state index is 9.88. The van der Waals surface area contributed by atoms with Gasteiger partial charge in [0.05, 0.1) is 6.10 Å². The lowest BCUT2D eigenvalue weighted by Gasteiger charge is -2.17. The van der Waals surface area contributed by atoms with Crippen molar-refractivity contribution >= 4 is 11.1 Å². The van der Waals surface area contributed by atoms with E-state index in [0.717, 1.165) is 42.8 Å². The molecule has 0 amide bonds. The number of nitrogens with zero attached hydrogens (tertiary/aromatic N) is 1. The van der Waals surface area contributed by atoms with Crippen LogP contribution in [-0.2, 0) is 6.54 Å². The van der Waals surface area contributed by atoms with Crippen LogP contribution < -0.4 is 5.32 Å². The van der Waals surface area contributed by atoms with E-state index >= 15 is 0 Å². The zero-order chi connectivity index (χ0) is 15.0. The summed E-state index contributed by atoms with van der Waals surface area (Å²) < 4.78 is 5.79. The number of nitrogens with one attached hydrogen (secondary N) is 1. The van der Waals surface area contributed by atoms with Gasteiger partial charge in [-0.3, -0.25) is 0 Å². The molecule has 21 heavy (non-hydrogen) atoms. The first kappa shape index (κ1) is 14.5. The predicted molar refractivity (Wildman–Crippen MR) is 83.3 cm³/mol. The Morgan fingerprint density at radius 1 is 1.38 bits per heavy atom. The van der Waals surface area contributed by atoms with Crippen LogP contribution in [0, 0.1) is 6.92 Å². The lowest BCUT2D eigenvalue weighted by molar-refractivity contribution is 0.148. The largest absolute Gasteiger partial charge is 0.440 e. The van der Waals surface area contributed by atoms with E-state index in [-0.39, 0.29) is 12.1 Å². The Hall–Kier alpha value is -1.39. The summed E-state index contributed by atoms with van der Waals surface area (Å²) in [5.41, 5.74) is 4.22. The molecule has 0 bridgehead atoms. The van der Waals surface area contributed by atoms with E-state index in [1.54, 1.807) is 0 Å². The lowest BCUT2D eigenvalue weighted by atomic mass is 10.1. The van der Waals surface area contributed by atoms with E-state index in [0.29, 0.717) is 5.92 Å². The van der Waals surface area contributed by atoms with Crippen LogP contribution in [0.2, 0.25) is 0 Å². The van der Waals surface area contributed by atoms with E-state index in [1.807, 2.05) is 6.07 Å². The molecule has 0 spiro atoms. The van der Waals surface area contributed by atoms with Gasteiger partial charge in [0.2, 0.25) is 0 Å². The number of aliphatic hydroxyl groups excluding tert-OH is 1. The molecule has 1 aliphatic rings. The molecule has 1 saturated carbocycles. The van der Waals surface area contributed by atoms with Crippen LogP contribution in [-0.4, -0.2) is 22.2 Å². The minimum Gasteiger partial charge on any atom is -0.440 e. The van der Waals surface area contributed by atoms with Gasteiger partial charge in [-0.2, -0.15) is 0 Å². The minimum atomic E-state index is -0.200. The molecular weight excluding hydrogens is 264 g/mol. The lowest BCUT2D eigenvalue weighted by Crippen LogP contribution is -2.35. The average Bonchev–Trinajstić information content (AvgIpc) is 3.05. The van der Waals surface area contributed by atoms with Crippen LogP contribution in [0.4, 0.5) is 0 Å². The normalized spacial score (nSPS) is 22.5. The Labute approximate surface area is 125 Å². The summed E-state index contributed by atoms with van der Waals surface area (Å²) in [4.78, 5) is 4.62. The molecule has 0 aliphatic heterocycles. The Morgan fingerprint density at radius 3 is 2.86 bits per heavy atom. The molecule has 1 aromatic carbocycles. The van der Waals surface area contributed by atoms with Crippen LogP contribution in [0.1, 0.15) is 56.0 Å². The Morgan fingerprint density at radius 2 is 2.19 bits per heavy atom. The summed E-state index contributed by atoms with van der Waals surface area (Å²) in [5.74, 6) is 1.09. The van der Waals surface area contributed by atoms with Crippen LogP contribution >= 0.6 is 0 Å². The molecule has 114 valence electrons. The highest BCUT2D eigenvalue weighted by molar-refractivity contribution is 5.77. The zero-order valence-electron chi connectivity index (χ0n) is 13.0. The number of oxazole rings is 1. The fraction of sp³-hybridized carbons (Fsp3) is 0.588. The fourth-order valence-corrected chi connectivity index (χ4v) is 3.04. The van der Waals surface area contributed by atoms with Gasteiger partial charge >= 0.3 is 0 Å². The van der Waals surface area contributed by atoms with Crippen LogP contribution in [0.15, 0.2) is 16.5 Å². The molecule has 0 saturated heterocycles. The summed E-state index contributed by atoms with van der Waals surface area (Å²) >= 11 is 0. The first-order valence-electron chi connectivity index (χ1n) is 7.86. The van der Waals surface area contributed by atoms with Crippen LogP contribution in [0.3, 0.4) is 0 Å². The van der Waals surface area contributed by atoms with Crippen LogP contribution in [0.25, 0.3) is 11.1 Å². The van der Waals surface area contributed by atoms with Gasteiger partial charge in [0.25, 0.3) is 0 Å². The topological polar surface area (TPSA) is 58.3 Å². The van der Waals surface area contributed by atoms with Crippen molar-refractivity contribution < 1.29 is 9.52 Å². The highest BCUT2D eigenvalue weighted by Gasteiger charge is 2.24. The molecule has 3 rings (SSSR count). The standard InChI is InChI=1S/C17H24N2O2/c1-10(2)17-19-16-11(3)12(7-8-15(16)21-17)9-18-13-5-4-6-14(13)20/h7-8,10,13-14,18,20H,4-6,9H2,1-3H3. The second-order valence-corrected chi connectivity index (χ2v) is 6.39. The van der Waals surface area contributed by atoms with E-state index in [1.165, 1.54) is 11.1 Å². The second-order valence-electron chi connectivity index (χ2n) is 6.39. The molecule has 1 heterocycles. The number of benzene rings is 1. The SMILES string of the molecule is Cc1c(CNC2CCCC2O)ccc2oc(C(C)C)nc12. The highest BCUT2D eigenvalue weighted by atomic mass is 16.3. The van der Waals surface area contributed by atoms with Crippen molar-refractivity contribution in [1.29, 1.82) is 0 Å². The summed E-state index contributed by atoms with van der Waals surface area (Å²) in [6.45, 7) is 7.04. The van der Waals surface area contributed by atoms with Gasteiger partial charge in [-0.05, 0) is 43.4 Å². The van der Waals surface area contributed by atoms with Crippen LogP contribution in [0.5, 0.6) is 0 Å². The molecule has 0 radical (unpaired) electrons. The van der Waals surface area contributed by atoms with Crippen molar-refractivity contribution in [3.05, 3.63) is 29.2 Å². The quantitative estimate of drug-likeness (QED) is 0.906. The summed E-state index contributed by atoms with van der Waals surface area (Å²) in [6, 6.07) is 4.33. The molecule has 1 aliphatic carbocycles. The molecule has 1 aromatic heterocycles. The van der Waals surface area contributed by atoms with E-state index in [4.69, 9.17) is 4.42 Å². The monoisotopic (exact) mass is 288 g/mol. The predicted octanol–water partition coefficient (Wildman–Crippen LogP) is 3.26. The number of rotatable bonds is 4. The Kier molecular flexibility index (Phi) is 4.00. The molecule has 2 N–H and O–H groups in total. The molecule has 2 unspecified atom stereocenters. The average molecular weight is 288 g/mol. The van der Waals surface area contributed by atoms with Crippen molar-refractivity contribution in [2.75, 3.05) is 0 Å². The van der Waals surface area contributed by atoms with E-state index in [9.17, 15) is 5.11 Å². The summed E-state index contributed by atoms with van der Waals surface area (Å²) in [7, 11) is 0. The first-order chi connectivity index (χ1) is 10.1. The van der Waals surface area contributed by atoms with Crippen molar-refractivity contribution in [1.82, 2.24) is 10.3 Å². The molecule has 2 atom stereocenters. The van der Waals surface area contributed by atoms with E-state index in [2.05, 4.69) is 37.1 Å². The van der Waals surface area contributed by atoms with Gasteiger partial charge in [0, 0.05) is 18.5 Å². The van der Waals surface area contributed by atoms with Gasteiger partial charge in [-0.15, -0.1) is 0 Å². The second kappa shape index (κ2) is 5.78. The van der Waals surface area contributed by atoms with E-state index < -0.39 is 0 Å². The number of aromatic nitrogens is 1. The Balaban J connectivity index is 1.80. The molecule has 1 fully saturated rings. The number of hydrogen-bond acceptors (Lipinski definition) is 4. The molecule has 4 heteroatoms. The first-order valence-corrected chi connectivity index (χ1v) is 7.86. The number of hydrogen-bond donors (Lipinski definition) is 2. The third kappa shape index (κ3) is 2.83. The van der Waals surface area contributed by atoms with Gasteiger partial charge in [0.1, 0.15) is 5.52 Å². The molecule has 2 aromatic rings. The zero-order valence-corrected chi connectivity index (χ0v) is 13.0. The van der Waals surface area contributed by atoms with Gasteiger partial charge in [0.15, 0.2) is 11.5 Å². The maximum Gasteiger partial charge on any atom is 0.198 e. The summed E-state index contributed by atoms with van der Waals surface area (Å²) in [6.07, 6.45) is 2.88. The number of aryl methyl sites for hydroxylation is 1. The van der Waals surface area contributed by atoms with Crippen molar-refractivity contribution in [2.45, 2.75) is 64.6 Å². The van der Waals surface area contributed by atoms with Crippen molar-refractivity contribution in [2.24, 2.45) is 0 Å². The van der Waals surface area contributed by atoms with Gasteiger partial charge < -0.3 is 14.8 Å². The maximum atomic E-state index is 9.88. The van der Waals surface area contributed by atoms with Crippen molar-refractivity contribution in [3.8, 4) is 0 Å². The highest BCUT2D eigenvalue weighted by Crippen LogP contribution is 2.26. The summed E-state index contributed by atoms with van der Waals surface area (Å²) in [5, 5.41) is 13.4. The fourth-order valence-electron chi connectivity index (χ4n) is 3.04.